The zero-order chi connectivity index (χ0) is 12.8. The predicted molar refractivity (Wildman–Crippen MR) is 73.3 cm³/mol. The third-order valence-electron chi connectivity index (χ3n) is 2.74. The van der Waals surface area contributed by atoms with Gasteiger partial charge >= 0.3 is 0 Å². The molecule has 1 atom stereocenters. The summed E-state index contributed by atoms with van der Waals surface area (Å²) in [7, 11) is -1.02. The van der Waals surface area contributed by atoms with Gasteiger partial charge < -0.3 is 0 Å². The highest BCUT2D eigenvalue weighted by Crippen LogP contribution is 2.10. The maximum absolute atomic E-state index is 13.4. The summed E-state index contributed by atoms with van der Waals surface area (Å²) in [6.07, 6.45) is 0.766. The topological polar surface area (TPSA) is 17.1 Å². The number of hydrogen-bond donors (Lipinski definition) is 0. The van der Waals surface area contributed by atoms with Gasteiger partial charge in [0, 0.05) is 22.1 Å². The van der Waals surface area contributed by atoms with E-state index in [0.717, 1.165) is 6.42 Å². The van der Waals surface area contributed by atoms with E-state index in [1.54, 1.807) is 18.2 Å². The van der Waals surface area contributed by atoms with Crippen LogP contribution in [-0.2, 0) is 23.0 Å². The monoisotopic (exact) mass is 262 g/mol. The van der Waals surface area contributed by atoms with E-state index in [4.69, 9.17) is 0 Å². The number of hydrogen-bond acceptors (Lipinski definition) is 1. The van der Waals surface area contributed by atoms with Gasteiger partial charge in [0.2, 0.25) is 0 Å². The fourth-order valence-electron chi connectivity index (χ4n) is 1.74. The van der Waals surface area contributed by atoms with Gasteiger partial charge in [-0.15, -0.1) is 0 Å². The number of aryl methyl sites for hydroxylation is 1. The average molecular weight is 262 g/mol. The smallest absolute Gasteiger partial charge is 0.127 e. The van der Waals surface area contributed by atoms with Crippen LogP contribution in [0.5, 0.6) is 0 Å². The molecule has 0 heterocycles. The lowest BCUT2D eigenvalue weighted by Gasteiger charge is -2.04. The molecule has 1 nitrogen and oxygen atoms in total. The number of benzene rings is 2. The second kappa shape index (κ2) is 6.45. The van der Waals surface area contributed by atoms with Crippen molar-refractivity contribution in [2.45, 2.75) is 12.2 Å². The Balaban J connectivity index is 1.88. The molecule has 0 radical (unpaired) electrons. The summed E-state index contributed by atoms with van der Waals surface area (Å²) in [6, 6.07) is 16.4. The van der Waals surface area contributed by atoms with Gasteiger partial charge in [-0.2, -0.15) is 0 Å². The molecular weight excluding hydrogens is 247 g/mol. The largest absolute Gasteiger partial charge is 0.259 e. The average Bonchev–Trinajstić information content (AvgIpc) is 2.40. The van der Waals surface area contributed by atoms with Crippen molar-refractivity contribution in [3.05, 3.63) is 71.5 Å². The second-order valence-corrected chi connectivity index (χ2v) is 5.69. The third-order valence-corrected chi connectivity index (χ3v) is 4.03. The molecule has 18 heavy (non-hydrogen) atoms. The Labute approximate surface area is 109 Å². The van der Waals surface area contributed by atoms with Crippen LogP contribution in [0.15, 0.2) is 54.6 Å². The first kappa shape index (κ1) is 13.0. The molecule has 0 saturated carbocycles. The minimum Gasteiger partial charge on any atom is -0.259 e. The Bertz CT molecular complexity index is 525. The first-order valence-electron chi connectivity index (χ1n) is 5.88. The molecule has 2 aromatic carbocycles. The highest BCUT2D eigenvalue weighted by Gasteiger charge is 2.06. The molecule has 0 aliphatic carbocycles. The standard InChI is InChI=1S/C15H15FOS/c16-15-9-5-4-8-14(15)12-18(17)11-10-13-6-2-1-3-7-13/h1-9H,10-12H2/t18-/m1/s1. The summed E-state index contributed by atoms with van der Waals surface area (Å²) < 4.78 is 25.3. The fourth-order valence-corrected chi connectivity index (χ4v) is 2.93. The molecule has 0 aliphatic rings. The van der Waals surface area contributed by atoms with Gasteiger partial charge in [-0.1, -0.05) is 48.5 Å². The SMILES string of the molecule is O=[S@](CCc1ccccc1)Cc1ccccc1F. The van der Waals surface area contributed by atoms with Crippen molar-refractivity contribution in [2.75, 3.05) is 5.75 Å². The molecule has 3 heteroatoms. The molecule has 2 aromatic rings. The molecule has 0 saturated heterocycles. The lowest BCUT2D eigenvalue weighted by Crippen LogP contribution is -2.05. The van der Waals surface area contributed by atoms with Gasteiger partial charge in [0.15, 0.2) is 0 Å². The Morgan fingerprint density at radius 1 is 0.944 bits per heavy atom. The van der Waals surface area contributed by atoms with Crippen molar-refractivity contribution in [2.24, 2.45) is 0 Å². The molecular formula is C15H15FOS. The van der Waals surface area contributed by atoms with E-state index >= 15 is 0 Å². The maximum atomic E-state index is 13.4. The molecule has 0 aliphatic heterocycles. The van der Waals surface area contributed by atoms with E-state index in [-0.39, 0.29) is 5.82 Å². The minimum atomic E-state index is -1.02. The Morgan fingerprint density at radius 3 is 2.33 bits per heavy atom. The van der Waals surface area contributed by atoms with E-state index in [1.807, 2.05) is 30.3 Å². The summed E-state index contributed by atoms with van der Waals surface area (Å²) in [6.45, 7) is 0. The maximum Gasteiger partial charge on any atom is 0.127 e. The van der Waals surface area contributed by atoms with Crippen LogP contribution >= 0.6 is 0 Å². The van der Waals surface area contributed by atoms with Crippen LogP contribution in [0.25, 0.3) is 0 Å². The third kappa shape index (κ3) is 3.77. The molecule has 94 valence electrons. The minimum absolute atomic E-state index is 0.273. The summed E-state index contributed by atoms with van der Waals surface area (Å²) in [5, 5.41) is 0. The summed E-state index contributed by atoms with van der Waals surface area (Å²) in [4.78, 5) is 0. The van der Waals surface area contributed by atoms with Gasteiger partial charge in [0.25, 0.3) is 0 Å². The van der Waals surface area contributed by atoms with Crippen molar-refractivity contribution in [3.63, 3.8) is 0 Å². The molecule has 0 bridgehead atoms. The molecule has 2 rings (SSSR count). The van der Waals surface area contributed by atoms with Crippen molar-refractivity contribution < 1.29 is 8.60 Å². The summed E-state index contributed by atoms with van der Waals surface area (Å²) >= 11 is 0. The highest BCUT2D eigenvalue weighted by molar-refractivity contribution is 7.84. The van der Waals surface area contributed by atoms with Crippen molar-refractivity contribution in [1.29, 1.82) is 0 Å². The van der Waals surface area contributed by atoms with Crippen LogP contribution in [-0.4, -0.2) is 9.96 Å². The van der Waals surface area contributed by atoms with E-state index in [1.165, 1.54) is 11.6 Å². The second-order valence-electron chi connectivity index (χ2n) is 4.12. The van der Waals surface area contributed by atoms with Crippen molar-refractivity contribution in [3.8, 4) is 0 Å². The Kier molecular flexibility index (Phi) is 4.65. The van der Waals surface area contributed by atoms with Crippen molar-refractivity contribution in [1.82, 2.24) is 0 Å². The van der Waals surface area contributed by atoms with Gasteiger partial charge in [-0.3, -0.25) is 4.21 Å². The Morgan fingerprint density at radius 2 is 1.61 bits per heavy atom. The molecule has 0 N–H and O–H groups in total. The summed E-state index contributed by atoms with van der Waals surface area (Å²) in [5.41, 5.74) is 1.70. The Hall–Kier alpha value is -1.48. The van der Waals surface area contributed by atoms with Crippen LogP contribution < -0.4 is 0 Å². The first-order valence-corrected chi connectivity index (χ1v) is 7.37. The molecule has 0 aromatic heterocycles. The van der Waals surface area contributed by atoms with Crippen LogP contribution in [0, 0.1) is 5.82 Å². The fraction of sp³-hybridized carbons (Fsp3) is 0.200. The zero-order valence-electron chi connectivity index (χ0n) is 10.0. The van der Waals surface area contributed by atoms with Gasteiger partial charge in [-0.05, 0) is 18.1 Å². The van der Waals surface area contributed by atoms with E-state index in [2.05, 4.69) is 0 Å². The van der Waals surface area contributed by atoms with Crippen LogP contribution in [0.1, 0.15) is 11.1 Å². The van der Waals surface area contributed by atoms with Gasteiger partial charge in [0.05, 0.1) is 5.75 Å². The molecule has 0 fully saturated rings. The number of halogens is 1. The van der Waals surface area contributed by atoms with Crippen LogP contribution in [0.4, 0.5) is 4.39 Å². The van der Waals surface area contributed by atoms with E-state index < -0.39 is 10.8 Å². The lowest BCUT2D eigenvalue weighted by molar-refractivity contribution is 0.615. The summed E-state index contributed by atoms with van der Waals surface area (Å²) in [5.74, 6) is 0.586. The van der Waals surface area contributed by atoms with Crippen molar-refractivity contribution >= 4 is 10.8 Å². The normalized spacial score (nSPS) is 12.3. The van der Waals surface area contributed by atoms with Crippen LogP contribution in [0.2, 0.25) is 0 Å². The van der Waals surface area contributed by atoms with E-state index in [9.17, 15) is 8.60 Å². The zero-order valence-corrected chi connectivity index (χ0v) is 10.8. The lowest BCUT2D eigenvalue weighted by atomic mass is 10.2. The first-order chi connectivity index (χ1) is 8.75. The van der Waals surface area contributed by atoms with E-state index in [0.29, 0.717) is 17.1 Å². The molecule has 0 amide bonds. The van der Waals surface area contributed by atoms with Crippen LogP contribution in [0.3, 0.4) is 0 Å². The quantitative estimate of drug-likeness (QED) is 0.808. The van der Waals surface area contributed by atoms with Gasteiger partial charge in [-0.25, -0.2) is 4.39 Å². The highest BCUT2D eigenvalue weighted by atomic mass is 32.2. The number of rotatable bonds is 5. The predicted octanol–water partition coefficient (Wildman–Crippen LogP) is 3.32. The van der Waals surface area contributed by atoms with Gasteiger partial charge in [0.1, 0.15) is 5.82 Å². The molecule has 0 unspecified atom stereocenters. The molecule has 0 spiro atoms.